The van der Waals surface area contributed by atoms with Crippen LogP contribution in [0.5, 0.6) is 5.75 Å². The fraction of sp³-hybridized carbons (Fsp3) is 0.200. The van der Waals surface area contributed by atoms with E-state index in [1.54, 1.807) is 0 Å². The largest absolute Gasteiger partial charge is 0.494 e. The Hall–Kier alpha value is -2.15. The number of para-hydroxylation sites is 1. The second-order valence-corrected chi connectivity index (χ2v) is 6.20. The highest BCUT2D eigenvalue weighted by atomic mass is 32.2. The van der Waals surface area contributed by atoms with Crippen molar-refractivity contribution in [2.45, 2.75) is 18.2 Å². The zero-order valence-electron chi connectivity index (χ0n) is 11.8. The highest BCUT2D eigenvalue weighted by molar-refractivity contribution is 7.92. The van der Waals surface area contributed by atoms with Gasteiger partial charge in [0.1, 0.15) is 23.1 Å². The third-order valence-electron chi connectivity index (χ3n) is 2.81. The average Bonchev–Trinajstić information content (AvgIpc) is 2.49. The Morgan fingerprint density at radius 2 is 1.64 bits per heavy atom. The van der Waals surface area contributed by atoms with Crippen LogP contribution in [0.15, 0.2) is 47.4 Å². The highest BCUT2D eigenvalue weighted by Crippen LogP contribution is 2.23. The molecule has 4 nitrogen and oxygen atoms in total. The summed E-state index contributed by atoms with van der Waals surface area (Å²) in [5, 5.41) is 0. The summed E-state index contributed by atoms with van der Waals surface area (Å²) in [6, 6.07) is 8.70. The van der Waals surface area contributed by atoms with Gasteiger partial charge < -0.3 is 4.74 Å². The van der Waals surface area contributed by atoms with Crippen molar-refractivity contribution >= 4 is 15.7 Å². The Morgan fingerprint density at radius 1 is 1.05 bits per heavy atom. The fourth-order valence-corrected chi connectivity index (χ4v) is 2.80. The minimum Gasteiger partial charge on any atom is -0.494 e. The van der Waals surface area contributed by atoms with E-state index >= 15 is 0 Å². The molecule has 7 heteroatoms. The predicted molar refractivity (Wildman–Crippen MR) is 79.4 cm³/mol. The van der Waals surface area contributed by atoms with Crippen LogP contribution in [0.4, 0.5) is 14.5 Å². The molecule has 0 amide bonds. The second-order valence-electron chi connectivity index (χ2n) is 4.52. The molecule has 0 spiro atoms. The molecule has 2 aromatic carbocycles. The van der Waals surface area contributed by atoms with Crippen molar-refractivity contribution < 1.29 is 21.9 Å². The maximum absolute atomic E-state index is 13.5. The van der Waals surface area contributed by atoms with Gasteiger partial charge in [0.05, 0.1) is 11.5 Å². The van der Waals surface area contributed by atoms with Gasteiger partial charge in [0, 0.05) is 0 Å². The second kappa shape index (κ2) is 6.74. The summed E-state index contributed by atoms with van der Waals surface area (Å²) in [7, 11) is -4.08. The number of ether oxygens (including phenoxy) is 1. The number of halogens is 2. The molecule has 22 heavy (non-hydrogen) atoms. The summed E-state index contributed by atoms with van der Waals surface area (Å²) in [5.41, 5.74) is -0.700. The van der Waals surface area contributed by atoms with Crippen molar-refractivity contribution in [3.05, 3.63) is 54.1 Å². The number of nitrogens with one attached hydrogen (secondary N) is 1. The molecule has 0 aliphatic rings. The van der Waals surface area contributed by atoms with E-state index in [1.165, 1.54) is 24.3 Å². The lowest BCUT2D eigenvalue weighted by molar-refractivity contribution is 0.317. The third kappa shape index (κ3) is 3.73. The molecule has 0 aromatic heterocycles. The van der Waals surface area contributed by atoms with E-state index < -0.39 is 27.3 Å². The summed E-state index contributed by atoms with van der Waals surface area (Å²) in [5.74, 6) is -1.43. The molecule has 118 valence electrons. The molecule has 0 aliphatic carbocycles. The first-order valence-electron chi connectivity index (χ1n) is 6.63. The first kappa shape index (κ1) is 16.2. The summed E-state index contributed by atoms with van der Waals surface area (Å²) >= 11 is 0. The predicted octanol–water partition coefficient (Wildman–Crippen LogP) is 3.55. The van der Waals surface area contributed by atoms with Crippen LogP contribution in [0.25, 0.3) is 0 Å². The molecule has 0 heterocycles. The van der Waals surface area contributed by atoms with E-state index in [1.807, 2.05) is 11.6 Å². The smallest absolute Gasteiger partial charge is 0.262 e. The number of anilines is 1. The molecule has 0 saturated heterocycles. The van der Waals surface area contributed by atoms with E-state index in [0.717, 1.165) is 24.6 Å². The van der Waals surface area contributed by atoms with Crippen LogP contribution in [0, 0.1) is 11.6 Å². The van der Waals surface area contributed by atoms with Gasteiger partial charge in [-0.3, -0.25) is 4.72 Å². The first-order chi connectivity index (χ1) is 10.4. The molecule has 0 aliphatic heterocycles. The zero-order chi connectivity index (χ0) is 16.2. The van der Waals surface area contributed by atoms with Crippen molar-refractivity contribution in [1.82, 2.24) is 0 Å². The molecular formula is C15H15F2NO3S. The minimum atomic E-state index is -4.08. The van der Waals surface area contributed by atoms with Crippen molar-refractivity contribution in [2.24, 2.45) is 0 Å². The van der Waals surface area contributed by atoms with Crippen molar-refractivity contribution in [3.63, 3.8) is 0 Å². The van der Waals surface area contributed by atoms with Gasteiger partial charge >= 0.3 is 0 Å². The van der Waals surface area contributed by atoms with Crippen LogP contribution in [-0.2, 0) is 10.0 Å². The van der Waals surface area contributed by atoms with Gasteiger partial charge in [-0.1, -0.05) is 13.0 Å². The zero-order valence-corrected chi connectivity index (χ0v) is 12.7. The quantitative estimate of drug-likeness (QED) is 0.883. The molecule has 2 rings (SSSR count). The third-order valence-corrected chi connectivity index (χ3v) is 4.17. The number of hydrogen-bond donors (Lipinski definition) is 1. The fourth-order valence-electron chi connectivity index (χ4n) is 1.72. The van der Waals surface area contributed by atoms with Crippen LogP contribution in [0.1, 0.15) is 13.3 Å². The number of hydrogen-bond acceptors (Lipinski definition) is 3. The van der Waals surface area contributed by atoms with E-state index in [2.05, 4.69) is 0 Å². The van der Waals surface area contributed by atoms with E-state index in [4.69, 9.17) is 4.74 Å². The topological polar surface area (TPSA) is 55.4 Å². The lowest BCUT2D eigenvalue weighted by atomic mass is 10.3. The van der Waals surface area contributed by atoms with Gasteiger partial charge in [0.15, 0.2) is 0 Å². The van der Waals surface area contributed by atoms with Crippen molar-refractivity contribution in [3.8, 4) is 5.75 Å². The molecule has 1 N–H and O–H groups in total. The highest BCUT2D eigenvalue weighted by Gasteiger charge is 2.19. The molecule has 0 saturated carbocycles. The monoisotopic (exact) mass is 327 g/mol. The van der Waals surface area contributed by atoms with E-state index in [-0.39, 0.29) is 4.90 Å². The SMILES string of the molecule is CCCOc1ccc(S(=O)(=O)Nc2c(F)cccc2F)cc1. The summed E-state index contributed by atoms with van der Waals surface area (Å²) < 4.78 is 58.6. The van der Waals surface area contributed by atoms with Crippen LogP contribution in [0.3, 0.4) is 0 Å². The molecule has 0 radical (unpaired) electrons. The number of benzene rings is 2. The molecule has 0 fully saturated rings. The minimum absolute atomic E-state index is 0.112. The van der Waals surface area contributed by atoms with Crippen molar-refractivity contribution in [2.75, 3.05) is 11.3 Å². The van der Waals surface area contributed by atoms with Crippen LogP contribution in [-0.4, -0.2) is 15.0 Å². The molecule has 0 atom stereocenters. The summed E-state index contributed by atoms with van der Waals surface area (Å²) in [6.45, 7) is 2.47. The van der Waals surface area contributed by atoms with E-state index in [9.17, 15) is 17.2 Å². The van der Waals surface area contributed by atoms with Gasteiger partial charge in [-0.05, 0) is 42.8 Å². The molecule has 0 bridgehead atoms. The molecule has 0 unspecified atom stereocenters. The van der Waals surface area contributed by atoms with Crippen LogP contribution < -0.4 is 9.46 Å². The molecule has 2 aromatic rings. The number of rotatable bonds is 6. The van der Waals surface area contributed by atoms with Crippen molar-refractivity contribution in [1.29, 1.82) is 0 Å². The Morgan fingerprint density at radius 3 is 2.18 bits per heavy atom. The summed E-state index contributed by atoms with van der Waals surface area (Å²) in [6.07, 6.45) is 0.828. The van der Waals surface area contributed by atoms with Gasteiger partial charge in [0.25, 0.3) is 10.0 Å². The van der Waals surface area contributed by atoms with E-state index in [0.29, 0.717) is 12.4 Å². The standard InChI is InChI=1S/C15H15F2NO3S/c1-2-10-21-11-6-8-12(9-7-11)22(19,20)18-15-13(16)4-3-5-14(15)17/h3-9,18H,2,10H2,1H3. The maximum atomic E-state index is 13.5. The Bertz CT molecular complexity index is 726. The van der Waals surface area contributed by atoms with Gasteiger partial charge in [-0.15, -0.1) is 0 Å². The normalized spacial score (nSPS) is 11.2. The van der Waals surface area contributed by atoms with Gasteiger partial charge in [0.2, 0.25) is 0 Å². The van der Waals surface area contributed by atoms with Crippen LogP contribution in [0.2, 0.25) is 0 Å². The Kier molecular flexibility index (Phi) is 4.97. The summed E-state index contributed by atoms with van der Waals surface area (Å²) in [4.78, 5) is -0.112. The lowest BCUT2D eigenvalue weighted by Crippen LogP contribution is -2.15. The van der Waals surface area contributed by atoms with Crippen LogP contribution >= 0.6 is 0 Å². The molecular weight excluding hydrogens is 312 g/mol. The van der Waals surface area contributed by atoms with Gasteiger partial charge in [-0.2, -0.15) is 0 Å². The maximum Gasteiger partial charge on any atom is 0.262 e. The Labute approximate surface area is 127 Å². The Balaban J connectivity index is 2.23. The average molecular weight is 327 g/mol. The van der Waals surface area contributed by atoms with Gasteiger partial charge in [-0.25, -0.2) is 17.2 Å². The lowest BCUT2D eigenvalue weighted by Gasteiger charge is -2.10. The number of sulfonamides is 1. The first-order valence-corrected chi connectivity index (χ1v) is 8.12.